The van der Waals surface area contributed by atoms with E-state index in [9.17, 15) is 8.78 Å². The molecule has 0 heterocycles. The molecule has 0 fully saturated rings. The van der Waals surface area contributed by atoms with Gasteiger partial charge in [0.05, 0.1) is 7.11 Å². The first-order valence-electron chi connectivity index (χ1n) is 4.56. The Kier molecular flexibility index (Phi) is 2.54. The first-order chi connectivity index (χ1) is 7.20. The molecule has 0 aromatic heterocycles. The van der Waals surface area contributed by atoms with Gasteiger partial charge < -0.3 is 4.74 Å². The van der Waals surface area contributed by atoms with E-state index in [0.29, 0.717) is 0 Å². The molecule has 0 radical (unpaired) electrons. The number of fused-ring (bicyclic) bond motifs is 1. The number of benzene rings is 2. The number of halogens is 2. The quantitative estimate of drug-likeness (QED) is 0.729. The Morgan fingerprint density at radius 2 is 1.67 bits per heavy atom. The van der Waals surface area contributed by atoms with Crippen LogP contribution in [0, 0.1) is 0 Å². The molecule has 15 heavy (non-hydrogen) atoms. The minimum absolute atomic E-state index is 0.0488. The Morgan fingerprint density at radius 3 is 2.33 bits per heavy atom. The summed E-state index contributed by atoms with van der Waals surface area (Å²) in [6, 6.07) is 9.98. The Labute approximate surface area is 86.3 Å². The summed E-state index contributed by atoms with van der Waals surface area (Å²) in [6.45, 7) is 0. The highest BCUT2D eigenvalue weighted by Crippen LogP contribution is 2.26. The standard InChI is InChI=1S/C12H10F2O/c1-15-11-5-4-8-6-10(12(13)14)3-2-9(8)7-11/h2-7,12H,1H3. The lowest BCUT2D eigenvalue weighted by Gasteiger charge is -2.04. The molecule has 0 N–H and O–H groups in total. The zero-order valence-corrected chi connectivity index (χ0v) is 8.21. The van der Waals surface area contributed by atoms with Gasteiger partial charge in [0.25, 0.3) is 6.43 Å². The maximum atomic E-state index is 12.4. The summed E-state index contributed by atoms with van der Waals surface area (Å²) in [5.74, 6) is 0.729. The fourth-order valence-corrected chi connectivity index (χ4v) is 1.51. The Balaban J connectivity index is 2.55. The highest BCUT2D eigenvalue weighted by Gasteiger charge is 2.07. The highest BCUT2D eigenvalue weighted by atomic mass is 19.3. The van der Waals surface area contributed by atoms with Crippen LogP contribution in [0.4, 0.5) is 8.78 Å². The summed E-state index contributed by atoms with van der Waals surface area (Å²) in [5, 5.41) is 1.70. The van der Waals surface area contributed by atoms with Crippen molar-refractivity contribution < 1.29 is 13.5 Å². The first kappa shape index (κ1) is 9.90. The second-order valence-corrected chi connectivity index (χ2v) is 3.27. The average Bonchev–Trinajstić information content (AvgIpc) is 2.27. The monoisotopic (exact) mass is 208 g/mol. The van der Waals surface area contributed by atoms with Gasteiger partial charge >= 0.3 is 0 Å². The zero-order valence-electron chi connectivity index (χ0n) is 8.21. The van der Waals surface area contributed by atoms with E-state index >= 15 is 0 Å². The molecular formula is C12H10F2O. The number of hydrogen-bond acceptors (Lipinski definition) is 1. The van der Waals surface area contributed by atoms with Crippen molar-refractivity contribution in [2.24, 2.45) is 0 Å². The van der Waals surface area contributed by atoms with Gasteiger partial charge in [0.15, 0.2) is 0 Å². The van der Waals surface area contributed by atoms with Gasteiger partial charge in [0.2, 0.25) is 0 Å². The molecule has 1 nitrogen and oxygen atoms in total. The summed E-state index contributed by atoms with van der Waals surface area (Å²) in [6.07, 6.45) is -2.42. The minimum atomic E-state index is -2.42. The molecule has 0 atom stereocenters. The highest BCUT2D eigenvalue weighted by molar-refractivity contribution is 5.84. The van der Waals surface area contributed by atoms with Crippen molar-refractivity contribution in [3.05, 3.63) is 42.0 Å². The Bertz CT molecular complexity index is 480. The van der Waals surface area contributed by atoms with Gasteiger partial charge in [-0.1, -0.05) is 18.2 Å². The van der Waals surface area contributed by atoms with Gasteiger partial charge in [0.1, 0.15) is 5.75 Å². The van der Waals surface area contributed by atoms with E-state index in [0.717, 1.165) is 16.5 Å². The predicted molar refractivity (Wildman–Crippen MR) is 55.5 cm³/mol. The number of ether oxygens (including phenoxy) is 1. The second-order valence-electron chi connectivity index (χ2n) is 3.27. The van der Waals surface area contributed by atoms with Gasteiger partial charge in [0, 0.05) is 5.56 Å². The van der Waals surface area contributed by atoms with Crippen LogP contribution in [0.3, 0.4) is 0 Å². The van der Waals surface area contributed by atoms with Gasteiger partial charge in [-0.25, -0.2) is 8.78 Å². The molecule has 0 saturated carbocycles. The van der Waals surface area contributed by atoms with Crippen molar-refractivity contribution >= 4 is 10.8 Å². The Morgan fingerprint density at radius 1 is 1.00 bits per heavy atom. The van der Waals surface area contributed by atoms with Crippen LogP contribution in [0.2, 0.25) is 0 Å². The topological polar surface area (TPSA) is 9.23 Å². The smallest absolute Gasteiger partial charge is 0.263 e. The average molecular weight is 208 g/mol. The summed E-state index contributed by atoms with van der Waals surface area (Å²) in [4.78, 5) is 0. The maximum Gasteiger partial charge on any atom is 0.263 e. The largest absolute Gasteiger partial charge is 0.497 e. The van der Waals surface area contributed by atoms with E-state index in [1.807, 2.05) is 6.07 Å². The van der Waals surface area contributed by atoms with Crippen LogP contribution in [-0.2, 0) is 0 Å². The molecule has 0 saturated heterocycles. The fourth-order valence-electron chi connectivity index (χ4n) is 1.51. The summed E-state index contributed by atoms with van der Waals surface area (Å²) in [5.41, 5.74) is 0.0488. The molecule has 78 valence electrons. The van der Waals surface area contributed by atoms with E-state index in [1.165, 1.54) is 12.1 Å². The normalized spacial score (nSPS) is 10.9. The number of rotatable bonds is 2. The van der Waals surface area contributed by atoms with Gasteiger partial charge in [-0.3, -0.25) is 0 Å². The molecule has 0 bridgehead atoms. The maximum absolute atomic E-state index is 12.4. The fraction of sp³-hybridized carbons (Fsp3) is 0.167. The van der Waals surface area contributed by atoms with E-state index in [2.05, 4.69) is 0 Å². The number of methoxy groups -OCH3 is 1. The summed E-state index contributed by atoms with van der Waals surface area (Å²) < 4.78 is 29.9. The van der Waals surface area contributed by atoms with Crippen LogP contribution < -0.4 is 4.74 Å². The third-order valence-electron chi connectivity index (χ3n) is 2.32. The zero-order chi connectivity index (χ0) is 10.8. The third-order valence-corrected chi connectivity index (χ3v) is 2.32. The van der Waals surface area contributed by atoms with Crippen molar-refractivity contribution in [1.82, 2.24) is 0 Å². The predicted octanol–water partition coefficient (Wildman–Crippen LogP) is 3.79. The molecule has 2 aromatic rings. The van der Waals surface area contributed by atoms with Crippen LogP contribution in [0.15, 0.2) is 36.4 Å². The molecule has 0 aliphatic carbocycles. The van der Waals surface area contributed by atoms with Gasteiger partial charge in [-0.05, 0) is 29.0 Å². The number of hydrogen-bond donors (Lipinski definition) is 0. The van der Waals surface area contributed by atoms with Crippen LogP contribution in [0.5, 0.6) is 5.75 Å². The third kappa shape index (κ3) is 1.91. The van der Waals surface area contributed by atoms with Crippen molar-refractivity contribution in [2.75, 3.05) is 7.11 Å². The van der Waals surface area contributed by atoms with Crippen LogP contribution >= 0.6 is 0 Å². The molecule has 0 spiro atoms. The van der Waals surface area contributed by atoms with Gasteiger partial charge in [-0.15, -0.1) is 0 Å². The lowest BCUT2D eigenvalue weighted by atomic mass is 10.1. The van der Waals surface area contributed by atoms with E-state index < -0.39 is 6.43 Å². The molecule has 2 rings (SSSR count). The molecular weight excluding hydrogens is 198 g/mol. The van der Waals surface area contributed by atoms with E-state index in [-0.39, 0.29) is 5.56 Å². The van der Waals surface area contributed by atoms with E-state index in [1.54, 1.807) is 25.3 Å². The molecule has 2 aromatic carbocycles. The second kappa shape index (κ2) is 3.85. The lowest BCUT2D eigenvalue weighted by molar-refractivity contribution is 0.151. The first-order valence-corrected chi connectivity index (χ1v) is 4.56. The molecule has 0 unspecified atom stereocenters. The summed E-state index contributed by atoms with van der Waals surface area (Å²) in [7, 11) is 1.58. The van der Waals surface area contributed by atoms with Crippen molar-refractivity contribution in [3.8, 4) is 5.75 Å². The lowest BCUT2D eigenvalue weighted by Crippen LogP contribution is -1.85. The SMILES string of the molecule is COc1ccc2cc(C(F)F)ccc2c1. The van der Waals surface area contributed by atoms with E-state index in [4.69, 9.17) is 4.74 Å². The molecule has 0 aliphatic rings. The minimum Gasteiger partial charge on any atom is -0.497 e. The molecule has 0 aliphatic heterocycles. The van der Waals surface area contributed by atoms with Crippen molar-refractivity contribution in [1.29, 1.82) is 0 Å². The molecule has 0 amide bonds. The van der Waals surface area contributed by atoms with Gasteiger partial charge in [-0.2, -0.15) is 0 Å². The van der Waals surface area contributed by atoms with Crippen molar-refractivity contribution in [2.45, 2.75) is 6.43 Å². The number of alkyl halides is 2. The van der Waals surface area contributed by atoms with Crippen LogP contribution in [-0.4, -0.2) is 7.11 Å². The molecule has 3 heteroatoms. The van der Waals surface area contributed by atoms with Crippen molar-refractivity contribution in [3.63, 3.8) is 0 Å². The van der Waals surface area contributed by atoms with Crippen LogP contribution in [0.1, 0.15) is 12.0 Å². The Hall–Kier alpha value is -1.64. The summed E-state index contributed by atoms with van der Waals surface area (Å²) >= 11 is 0. The van der Waals surface area contributed by atoms with Crippen LogP contribution in [0.25, 0.3) is 10.8 Å².